The van der Waals surface area contributed by atoms with Crippen molar-refractivity contribution < 1.29 is 18.9 Å². The third kappa shape index (κ3) is 2.79. The molecule has 0 fully saturated rings. The minimum Gasteiger partial charge on any atom is -0.465 e. The molecule has 10 nitrogen and oxygen atoms in total. The molecule has 0 spiro atoms. The monoisotopic (exact) mass is 352 g/mol. The van der Waals surface area contributed by atoms with Gasteiger partial charge < -0.3 is 20.2 Å². The predicted octanol–water partition coefficient (Wildman–Crippen LogP) is 2.17. The van der Waals surface area contributed by atoms with Crippen molar-refractivity contribution in [2.24, 2.45) is 0 Å². The summed E-state index contributed by atoms with van der Waals surface area (Å²) in [6.07, 6.45) is 1.54. The second-order valence-corrected chi connectivity index (χ2v) is 5.24. The highest BCUT2D eigenvalue weighted by atomic mass is 16.6. The SMILES string of the molecule is COC(=O)c1cccc(Oc2cc3[nH]c(-c4nonc4N)nc3cn2)c1. The van der Waals surface area contributed by atoms with Gasteiger partial charge in [-0.2, -0.15) is 0 Å². The van der Waals surface area contributed by atoms with Crippen molar-refractivity contribution in [3.05, 3.63) is 42.1 Å². The van der Waals surface area contributed by atoms with Gasteiger partial charge in [-0.1, -0.05) is 6.07 Å². The van der Waals surface area contributed by atoms with Crippen molar-refractivity contribution in [1.29, 1.82) is 0 Å². The van der Waals surface area contributed by atoms with E-state index in [1.165, 1.54) is 7.11 Å². The van der Waals surface area contributed by atoms with Crippen LogP contribution in [0, 0.1) is 0 Å². The molecule has 0 saturated heterocycles. The Kier molecular flexibility index (Phi) is 3.69. The van der Waals surface area contributed by atoms with Gasteiger partial charge in [0, 0.05) is 6.07 Å². The molecule has 0 unspecified atom stereocenters. The molecule has 0 atom stereocenters. The summed E-state index contributed by atoms with van der Waals surface area (Å²) in [6, 6.07) is 8.26. The lowest BCUT2D eigenvalue weighted by Crippen LogP contribution is -2.01. The fourth-order valence-electron chi connectivity index (χ4n) is 2.35. The lowest BCUT2D eigenvalue weighted by atomic mass is 10.2. The Balaban J connectivity index is 1.64. The van der Waals surface area contributed by atoms with E-state index in [0.717, 1.165) is 0 Å². The van der Waals surface area contributed by atoms with Gasteiger partial charge in [-0.25, -0.2) is 19.4 Å². The number of aromatic amines is 1. The second-order valence-electron chi connectivity index (χ2n) is 5.24. The standard InChI is InChI=1S/C16H12N6O4/c1-24-16(23)8-3-2-4-9(5-8)25-12-6-10-11(7-18-12)20-15(19-10)13-14(17)22-26-21-13/h2-7H,1H3,(H2,17,22)(H,19,20). The quantitative estimate of drug-likeness (QED) is 0.528. The number of ether oxygens (including phenoxy) is 2. The molecule has 0 bridgehead atoms. The van der Waals surface area contributed by atoms with Crippen molar-refractivity contribution in [1.82, 2.24) is 25.3 Å². The van der Waals surface area contributed by atoms with Gasteiger partial charge in [-0.15, -0.1) is 0 Å². The van der Waals surface area contributed by atoms with E-state index in [1.54, 1.807) is 36.5 Å². The average Bonchev–Trinajstić information content (AvgIpc) is 3.26. The van der Waals surface area contributed by atoms with Gasteiger partial charge in [0.2, 0.25) is 5.88 Å². The minimum absolute atomic E-state index is 0.133. The highest BCUT2D eigenvalue weighted by Crippen LogP contribution is 2.26. The van der Waals surface area contributed by atoms with E-state index in [1.807, 2.05) is 0 Å². The van der Waals surface area contributed by atoms with Gasteiger partial charge in [0.15, 0.2) is 17.3 Å². The van der Waals surface area contributed by atoms with Crippen molar-refractivity contribution in [2.45, 2.75) is 0 Å². The van der Waals surface area contributed by atoms with E-state index in [2.05, 4.69) is 29.9 Å². The maximum Gasteiger partial charge on any atom is 0.337 e. The zero-order chi connectivity index (χ0) is 18.1. The molecule has 26 heavy (non-hydrogen) atoms. The van der Waals surface area contributed by atoms with E-state index in [-0.39, 0.29) is 5.82 Å². The number of nitrogen functional groups attached to an aromatic ring is 1. The molecule has 3 N–H and O–H groups in total. The molecular formula is C16H12N6O4. The summed E-state index contributed by atoms with van der Waals surface area (Å²) in [5.74, 6) is 0.861. The zero-order valence-corrected chi connectivity index (χ0v) is 13.5. The van der Waals surface area contributed by atoms with Crippen molar-refractivity contribution in [2.75, 3.05) is 12.8 Å². The van der Waals surface area contributed by atoms with Gasteiger partial charge in [0.05, 0.1) is 24.4 Å². The predicted molar refractivity (Wildman–Crippen MR) is 89.4 cm³/mol. The van der Waals surface area contributed by atoms with E-state index in [4.69, 9.17) is 15.2 Å². The number of pyridine rings is 1. The molecule has 0 aliphatic carbocycles. The largest absolute Gasteiger partial charge is 0.465 e. The molecule has 130 valence electrons. The normalized spacial score (nSPS) is 10.8. The molecule has 10 heteroatoms. The van der Waals surface area contributed by atoms with Crippen molar-refractivity contribution >= 4 is 22.8 Å². The number of esters is 1. The number of nitrogens with one attached hydrogen (secondary N) is 1. The molecule has 0 aliphatic rings. The number of carbonyl (C=O) groups excluding carboxylic acids is 1. The number of anilines is 1. The van der Waals surface area contributed by atoms with Crippen LogP contribution in [0.4, 0.5) is 5.82 Å². The van der Waals surface area contributed by atoms with Crippen LogP contribution in [0.3, 0.4) is 0 Å². The van der Waals surface area contributed by atoms with Gasteiger partial charge in [-0.3, -0.25) is 0 Å². The number of methoxy groups -OCH3 is 1. The number of carbonyl (C=O) groups is 1. The number of nitrogens with two attached hydrogens (primary N) is 1. The number of fused-ring (bicyclic) bond motifs is 1. The lowest BCUT2D eigenvalue weighted by molar-refractivity contribution is 0.0600. The third-order valence-corrected chi connectivity index (χ3v) is 3.56. The summed E-state index contributed by atoms with van der Waals surface area (Å²) in [5.41, 5.74) is 7.62. The van der Waals surface area contributed by atoms with Crippen LogP contribution in [0.15, 0.2) is 41.2 Å². The Hall–Kier alpha value is -3.95. The number of aromatic nitrogens is 5. The van der Waals surface area contributed by atoms with E-state index in [0.29, 0.717) is 39.7 Å². The Morgan fingerprint density at radius 2 is 2.15 bits per heavy atom. The molecule has 1 aromatic carbocycles. The molecule has 0 saturated carbocycles. The molecule has 3 aromatic heterocycles. The number of imidazole rings is 1. The second kappa shape index (κ2) is 6.16. The molecule has 0 amide bonds. The summed E-state index contributed by atoms with van der Waals surface area (Å²) in [7, 11) is 1.32. The molecule has 3 heterocycles. The zero-order valence-electron chi connectivity index (χ0n) is 13.5. The molecule has 0 radical (unpaired) electrons. The number of H-pyrrole nitrogens is 1. The Morgan fingerprint density at radius 1 is 1.27 bits per heavy atom. The first-order valence-electron chi connectivity index (χ1n) is 7.44. The van der Waals surface area contributed by atoms with Crippen LogP contribution < -0.4 is 10.5 Å². The fraction of sp³-hybridized carbons (Fsp3) is 0.0625. The highest BCUT2D eigenvalue weighted by Gasteiger charge is 2.15. The van der Waals surface area contributed by atoms with Crippen LogP contribution in [0.2, 0.25) is 0 Å². The van der Waals surface area contributed by atoms with Crippen LogP contribution >= 0.6 is 0 Å². The Bertz CT molecular complexity index is 1100. The number of benzene rings is 1. The van der Waals surface area contributed by atoms with Crippen LogP contribution in [-0.4, -0.2) is 38.3 Å². The summed E-state index contributed by atoms with van der Waals surface area (Å²) >= 11 is 0. The average molecular weight is 352 g/mol. The van der Waals surface area contributed by atoms with Crippen LogP contribution in [0.5, 0.6) is 11.6 Å². The Labute approximate surface area is 145 Å². The first-order chi connectivity index (χ1) is 12.6. The third-order valence-electron chi connectivity index (χ3n) is 3.56. The lowest BCUT2D eigenvalue weighted by Gasteiger charge is -2.06. The highest BCUT2D eigenvalue weighted by molar-refractivity contribution is 5.89. The van der Waals surface area contributed by atoms with E-state index < -0.39 is 5.97 Å². The summed E-state index contributed by atoms with van der Waals surface area (Å²) < 4.78 is 15.0. The molecule has 4 aromatic rings. The molecule has 0 aliphatic heterocycles. The van der Waals surface area contributed by atoms with Crippen molar-refractivity contribution in [3.63, 3.8) is 0 Å². The van der Waals surface area contributed by atoms with E-state index >= 15 is 0 Å². The van der Waals surface area contributed by atoms with Crippen LogP contribution in [0.25, 0.3) is 22.6 Å². The van der Waals surface area contributed by atoms with Crippen LogP contribution in [-0.2, 0) is 4.74 Å². The number of rotatable bonds is 4. The maximum absolute atomic E-state index is 11.6. The molecule has 4 rings (SSSR count). The van der Waals surface area contributed by atoms with Gasteiger partial charge in [0.25, 0.3) is 0 Å². The van der Waals surface area contributed by atoms with Crippen LogP contribution in [0.1, 0.15) is 10.4 Å². The number of hydrogen-bond donors (Lipinski definition) is 2. The smallest absolute Gasteiger partial charge is 0.337 e. The maximum atomic E-state index is 11.6. The minimum atomic E-state index is -0.448. The number of hydrogen-bond acceptors (Lipinski definition) is 9. The van der Waals surface area contributed by atoms with Gasteiger partial charge >= 0.3 is 5.97 Å². The van der Waals surface area contributed by atoms with Gasteiger partial charge in [0.1, 0.15) is 11.3 Å². The van der Waals surface area contributed by atoms with E-state index in [9.17, 15) is 4.79 Å². The summed E-state index contributed by atoms with van der Waals surface area (Å²) in [5, 5.41) is 7.23. The summed E-state index contributed by atoms with van der Waals surface area (Å²) in [4.78, 5) is 23.2. The van der Waals surface area contributed by atoms with Gasteiger partial charge in [-0.05, 0) is 28.5 Å². The summed E-state index contributed by atoms with van der Waals surface area (Å²) in [6.45, 7) is 0. The Morgan fingerprint density at radius 3 is 2.92 bits per heavy atom. The number of nitrogens with zero attached hydrogens (tertiary/aromatic N) is 4. The fourth-order valence-corrected chi connectivity index (χ4v) is 2.35. The topological polar surface area (TPSA) is 142 Å². The molecular weight excluding hydrogens is 340 g/mol. The first-order valence-corrected chi connectivity index (χ1v) is 7.44. The first kappa shape index (κ1) is 15.6. The van der Waals surface area contributed by atoms with Crippen molar-refractivity contribution in [3.8, 4) is 23.1 Å².